The molecule has 1 heterocycles. The van der Waals surface area contributed by atoms with Gasteiger partial charge in [-0.3, -0.25) is 0 Å². The standard InChI is InChI=1S/C6H3N2.2CH3.Sn/c7-5-6-1-3-8-4-2-6;;;/h1-3H;2*1H3;. The molecule has 1 rings (SSSR count). The van der Waals surface area contributed by atoms with E-state index in [-0.39, 0.29) is 0 Å². The maximum atomic E-state index is 8.59. The van der Waals surface area contributed by atoms with Crippen molar-refractivity contribution >= 4 is 23.5 Å². The molecule has 1 aromatic rings. The van der Waals surface area contributed by atoms with Crippen LogP contribution in [0.1, 0.15) is 5.56 Å². The Balaban J connectivity index is 3.03. The van der Waals surface area contributed by atoms with Gasteiger partial charge in [-0.05, 0) is 0 Å². The van der Waals surface area contributed by atoms with Gasteiger partial charge in [0.2, 0.25) is 0 Å². The second kappa shape index (κ2) is 3.72. The molecule has 0 saturated heterocycles. The minimum atomic E-state index is -1.34. The van der Waals surface area contributed by atoms with Crippen molar-refractivity contribution in [3.8, 4) is 6.07 Å². The summed E-state index contributed by atoms with van der Waals surface area (Å²) in [5, 5.41) is 8.59. The van der Waals surface area contributed by atoms with Crippen LogP contribution in [0.2, 0.25) is 9.88 Å². The third-order valence-electron chi connectivity index (χ3n) is 1.40. The van der Waals surface area contributed by atoms with Crippen molar-refractivity contribution in [3.05, 3.63) is 23.9 Å². The molecule has 0 saturated carbocycles. The third kappa shape index (κ3) is 2.19. The average molecular weight is 252 g/mol. The number of nitrogens with zero attached hydrogens (tertiary/aromatic N) is 2. The summed E-state index contributed by atoms with van der Waals surface area (Å²) in [6.45, 7) is 0. The molecule has 0 unspecified atom stereocenters. The topological polar surface area (TPSA) is 36.7 Å². The molecule has 55 valence electrons. The van der Waals surface area contributed by atoms with Gasteiger partial charge in [0, 0.05) is 0 Å². The van der Waals surface area contributed by atoms with E-state index < -0.39 is 19.8 Å². The van der Waals surface area contributed by atoms with E-state index >= 15 is 0 Å². The molecule has 0 amide bonds. The molecular weight excluding hydrogens is 243 g/mol. The first kappa shape index (κ1) is 8.53. The van der Waals surface area contributed by atoms with E-state index in [0.717, 1.165) is 5.56 Å². The van der Waals surface area contributed by atoms with Crippen molar-refractivity contribution in [1.29, 1.82) is 5.26 Å². The van der Waals surface area contributed by atoms with Crippen LogP contribution in [0.15, 0.2) is 18.3 Å². The third-order valence-corrected chi connectivity index (χ3v) is 5.11. The van der Waals surface area contributed by atoms with Crippen molar-refractivity contribution < 1.29 is 0 Å². The first-order valence-electron chi connectivity index (χ1n) is 3.40. The number of hydrogen-bond acceptors (Lipinski definition) is 2. The van der Waals surface area contributed by atoms with E-state index in [2.05, 4.69) is 20.9 Å². The molecule has 2 nitrogen and oxygen atoms in total. The molecule has 1 radical (unpaired) electrons. The Kier molecular flexibility index (Phi) is 2.89. The van der Waals surface area contributed by atoms with Crippen molar-refractivity contribution in [1.82, 2.24) is 4.98 Å². The Morgan fingerprint density at radius 3 is 2.82 bits per heavy atom. The van der Waals surface area contributed by atoms with E-state index in [0.29, 0.717) is 0 Å². The van der Waals surface area contributed by atoms with Crippen molar-refractivity contribution in [3.63, 3.8) is 0 Å². The molecule has 0 aromatic carbocycles. The summed E-state index contributed by atoms with van der Waals surface area (Å²) >= 11 is -1.34. The van der Waals surface area contributed by atoms with Gasteiger partial charge in [0.25, 0.3) is 0 Å². The first-order valence-corrected chi connectivity index (χ1v) is 10.5. The first-order chi connectivity index (χ1) is 5.24. The van der Waals surface area contributed by atoms with Crippen molar-refractivity contribution in [2.75, 3.05) is 0 Å². The number of aromatic nitrogens is 1. The second-order valence-electron chi connectivity index (χ2n) is 2.54. The van der Waals surface area contributed by atoms with Crippen LogP contribution < -0.4 is 3.71 Å². The van der Waals surface area contributed by atoms with Gasteiger partial charge < -0.3 is 0 Å². The zero-order chi connectivity index (χ0) is 8.27. The Bertz CT molecular complexity index is 288. The molecule has 0 aliphatic rings. The van der Waals surface area contributed by atoms with Crippen LogP contribution in [0.5, 0.6) is 0 Å². The average Bonchev–Trinajstić information content (AvgIpc) is 2.05. The molecule has 0 aliphatic heterocycles. The number of hydrogen-bond donors (Lipinski definition) is 0. The number of rotatable bonds is 1. The monoisotopic (exact) mass is 253 g/mol. The molecule has 1 aromatic heterocycles. The van der Waals surface area contributed by atoms with Crippen LogP contribution in [0.4, 0.5) is 0 Å². The zero-order valence-electron chi connectivity index (χ0n) is 6.63. The van der Waals surface area contributed by atoms with Gasteiger partial charge in [-0.25, -0.2) is 0 Å². The maximum absolute atomic E-state index is 8.59. The van der Waals surface area contributed by atoms with Crippen molar-refractivity contribution in [2.45, 2.75) is 9.88 Å². The fourth-order valence-electron chi connectivity index (χ4n) is 0.774. The van der Waals surface area contributed by atoms with Crippen LogP contribution in [-0.4, -0.2) is 24.7 Å². The summed E-state index contributed by atoms with van der Waals surface area (Å²) in [4.78, 5) is 8.73. The van der Waals surface area contributed by atoms with Gasteiger partial charge in [-0.2, -0.15) is 0 Å². The second-order valence-corrected chi connectivity index (χ2v) is 9.71. The summed E-state index contributed by atoms with van der Waals surface area (Å²) in [5.41, 5.74) is 0.733. The van der Waals surface area contributed by atoms with Gasteiger partial charge in [-0.1, -0.05) is 0 Å². The van der Waals surface area contributed by atoms with Crippen LogP contribution >= 0.6 is 0 Å². The fraction of sp³-hybridized carbons (Fsp3) is 0.250. The fourth-order valence-corrected chi connectivity index (χ4v) is 2.99. The van der Waals surface area contributed by atoms with Gasteiger partial charge in [0.1, 0.15) is 0 Å². The van der Waals surface area contributed by atoms with Crippen LogP contribution in [-0.2, 0) is 0 Å². The molecule has 11 heavy (non-hydrogen) atoms. The predicted octanol–water partition coefficient (Wildman–Crippen LogP) is 0.915. The molecular formula is C8H9N2Sn. The molecule has 0 aliphatic carbocycles. The summed E-state index contributed by atoms with van der Waals surface area (Å²) < 4.78 is 1.17. The quantitative estimate of drug-likeness (QED) is 0.696. The van der Waals surface area contributed by atoms with E-state index in [4.69, 9.17) is 5.26 Å². The van der Waals surface area contributed by atoms with Gasteiger partial charge in [0.15, 0.2) is 0 Å². The SMILES string of the molecule is [CH3][Sn]([CH3])[c]1cc(C#N)ccn1. The zero-order valence-corrected chi connectivity index (χ0v) is 9.48. The number of pyridine rings is 1. The summed E-state index contributed by atoms with van der Waals surface area (Å²) in [6.07, 6.45) is 1.72. The molecule has 0 spiro atoms. The van der Waals surface area contributed by atoms with Gasteiger partial charge in [-0.15, -0.1) is 0 Å². The van der Waals surface area contributed by atoms with Crippen molar-refractivity contribution in [2.24, 2.45) is 0 Å². The van der Waals surface area contributed by atoms with Gasteiger partial charge in [0.05, 0.1) is 0 Å². The molecule has 0 atom stereocenters. The van der Waals surface area contributed by atoms with Crippen LogP contribution in [0.25, 0.3) is 0 Å². The number of nitriles is 1. The summed E-state index contributed by atoms with van der Waals surface area (Å²) in [5.74, 6) is 0. The van der Waals surface area contributed by atoms with Gasteiger partial charge >= 0.3 is 73.6 Å². The molecule has 0 N–H and O–H groups in total. The van der Waals surface area contributed by atoms with Crippen LogP contribution in [0, 0.1) is 11.3 Å². The predicted molar refractivity (Wildman–Crippen MR) is 46.1 cm³/mol. The Hall–Kier alpha value is -0.561. The van der Waals surface area contributed by atoms with E-state index in [1.807, 2.05) is 6.07 Å². The Morgan fingerprint density at radius 2 is 2.27 bits per heavy atom. The molecule has 3 heteroatoms. The van der Waals surface area contributed by atoms with Crippen LogP contribution in [0.3, 0.4) is 0 Å². The molecule has 0 bridgehead atoms. The van der Waals surface area contributed by atoms with E-state index in [9.17, 15) is 0 Å². The molecule has 0 fully saturated rings. The minimum absolute atomic E-state index is 0.733. The summed E-state index contributed by atoms with van der Waals surface area (Å²) in [6, 6.07) is 5.77. The Morgan fingerprint density at radius 1 is 1.55 bits per heavy atom. The van der Waals surface area contributed by atoms with E-state index in [1.54, 1.807) is 12.3 Å². The Labute approximate surface area is 73.6 Å². The summed E-state index contributed by atoms with van der Waals surface area (Å²) in [7, 11) is 0. The van der Waals surface area contributed by atoms with E-state index in [1.165, 1.54) is 3.71 Å². The normalized spacial score (nSPS) is 9.64.